The Balaban J connectivity index is 1.95. The molecule has 1 aromatic rings. The van der Waals surface area contributed by atoms with Crippen molar-refractivity contribution in [2.75, 3.05) is 44.3 Å². The molecule has 0 aromatic heterocycles. The van der Waals surface area contributed by atoms with Crippen molar-refractivity contribution in [3.05, 3.63) is 24.3 Å². The number of rotatable bonds is 13. The number of anilines is 1. The molecule has 7 nitrogen and oxygen atoms in total. The number of benzene rings is 1. The van der Waals surface area contributed by atoms with Crippen LogP contribution in [-0.4, -0.2) is 62.3 Å². The number of nitrogens with zero attached hydrogens (tertiary/aromatic N) is 2. The number of halogens is 1. The van der Waals surface area contributed by atoms with Crippen molar-refractivity contribution >= 4 is 24.2 Å². The number of nitrogens with one attached hydrogen (secondary N) is 1. The molecule has 9 heteroatoms. The molecule has 34 heavy (non-hydrogen) atoms. The average molecular weight is 608 g/mol. The Hall–Kier alpha value is -0.910. The van der Waals surface area contributed by atoms with Crippen LogP contribution in [-0.2, 0) is 11.7 Å². The molecule has 1 saturated carbocycles. The first kappa shape index (κ1) is 29.3. The number of likely N-dealkylation sites (N-methyl/N-ethyl adjacent to an activating group) is 1. The normalized spacial score (nSPS) is 20.0. The molecule has 0 aliphatic heterocycles. The topological polar surface area (TPSA) is 97.0 Å². The Morgan fingerprint density at radius 3 is 2.35 bits per heavy atom. The fourth-order valence-corrected chi connectivity index (χ4v) is 11.9. The summed E-state index contributed by atoms with van der Waals surface area (Å²) in [5.74, 6) is 0.906. The molecule has 0 amide bonds. The second-order valence-electron chi connectivity index (χ2n) is 9.68. The molecule has 1 fully saturated rings. The first-order valence-electron chi connectivity index (χ1n) is 12.4. The third-order valence-corrected chi connectivity index (χ3v) is 17.4. The standard InChI is InChI=1S/C25H44IN4O3S/c1-6-28-16-17-30(18-19-33-7-2)23-14-12-22(13-15-23)29-24(27)20-8-10-21(11-9-20)26-34(31,32)25(3,4)5/h12-15,20-21,28H,6-11,16-19H2,1-5H3,(H2,27,29)/q-1. The van der Waals surface area contributed by atoms with E-state index in [0.717, 1.165) is 69.8 Å². The van der Waals surface area contributed by atoms with Crippen LogP contribution in [0.25, 0.3) is 0 Å². The number of alkyl halides is 1. The van der Waals surface area contributed by atoms with Gasteiger partial charge in [0.15, 0.2) is 0 Å². The van der Waals surface area contributed by atoms with Gasteiger partial charge in [0, 0.05) is 13.2 Å². The number of amidine groups is 1. The van der Waals surface area contributed by atoms with Crippen molar-refractivity contribution < 1.29 is 33.0 Å². The molecule has 1 aliphatic carbocycles. The summed E-state index contributed by atoms with van der Waals surface area (Å²) in [6.45, 7) is 14.6. The SMILES string of the molecule is CCNCCN(CCOCC)c1ccc(N=C(N)C2CCC([I-]S(=O)(=O)C(C)(C)C)CC2)cc1. The maximum absolute atomic E-state index is 12.6. The molecule has 2 rings (SSSR count). The molecular weight excluding hydrogens is 563 g/mol. The molecule has 0 unspecified atom stereocenters. The van der Waals surface area contributed by atoms with E-state index < -0.39 is 31.6 Å². The Morgan fingerprint density at radius 1 is 1.15 bits per heavy atom. The summed E-state index contributed by atoms with van der Waals surface area (Å²) in [6.07, 6.45) is 3.71. The van der Waals surface area contributed by atoms with Gasteiger partial charge >= 0.3 is 166 Å². The minimum absolute atomic E-state index is 0.236. The maximum atomic E-state index is 12.6. The molecular formula is C25H44IN4O3S-. The summed E-state index contributed by atoms with van der Waals surface area (Å²) in [7, 11) is -2.98. The van der Waals surface area contributed by atoms with Gasteiger partial charge in [-0.05, 0) is 13.5 Å². The van der Waals surface area contributed by atoms with Crippen LogP contribution >= 0.6 is 0 Å². The molecule has 196 valence electrons. The minimum atomic E-state index is -2.98. The van der Waals surface area contributed by atoms with E-state index in [1.807, 2.05) is 39.8 Å². The third kappa shape index (κ3) is 9.28. The van der Waals surface area contributed by atoms with Crippen LogP contribution < -0.4 is 35.8 Å². The predicted octanol–water partition coefficient (Wildman–Crippen LogP) is 0.904. The quantitative estimate of drug-likeness (QED) is 0.0865. The van der Waals surface area contributed by atoms with Crippen molar-refractivity contribution in [3.8, 4) is 0 Å². The zero-order valence-electron chi connectivity index (χ0n) is 21.5. The van der Waals surface area contributed by atoms with E-state index in [1.165, 1.54) is 0 Å². The van der Waals surface area contributed by atoms with E-state index in [2.05, 4.69) is 29.3 Å². The summed E-state index contributed by atoms with van der Waals surface area (Å²) < 4.78 is 30.4. The number of ether oxygens (including phenoxy) is 1. The van der Waals surface area contributed by atoms with Gasteiger partial charge in [-0.1, -0.05) is 6.92 Å². The Labute approximate surface area is 215 Å². The summed E-state index contributed by atoms with van der Waals surface area (Å²) in [5.41, 5.74) is 8.40. The van der Waals surface area contributed by atoms with E-state index in [4.69, 9.17) is 15.5 Å². The number of hydrogen-bond donors (Lipinski definition) is 2. The Morgan fingerprint density at radius 2 is 1.79 bits per heavy atom. The summed E-state index contributed by atoms with van der Waals surface area (Å²) in [6, 6.07) is 8.25. The van der Waals surface area contributed by atoms with E-state index >= 15 is 0 Å². The first-order valence-corrected chi connectivity index (χ1v) is 17.7. The van der Waals surface area contributed by atoms with Crippen LogP contribution in [0, 0.1) is 5.92 Å². The van der Waals surface area contributed by atoms with Crippen molar-refractivity contribution in [1.82, 2.24) is 5.32 Å². The monoisotopic (exact) mass is 607 g/mol. The zero-order valence-corrected chi connectivity index (χ0v) is 24.5. The number of hydrogen-bond acceptors (Lipinski definition) is 6. The van der Waals surface area contributed by atoms with Crippen LogP contribution in [0.4, 0.5) is 11.4 Å². The molecule has 1 aliphatic rings. The third-order valence-electron chi connectivity index (χ3n) is 6.04. The molecule has 0 spiro atoms. The van der Waals surface area contributed by atoms with E-state index in [-0.39, 0.29) is 5.92 Å². The summed E-state index contributed by atoms with van der Waals surface area (Å²) in [5, 5.41) is 3.38. The van der Waals surface area contributed by atoms with Crippen LogP contribution in [0.3, 0.4) is 0 Å². The van der Waals surface area contributed by atoms with Gasteiger partial charge in [-0.15, -0.1) is 0 Å². The number of aliphatic imine (C=N–C) groups is 1. The first-order chi connectivity index (χ1) is 16.1. The Bertz CT molecular complexity index is 851. The van der Waals surface area contributed by atoms with Crippen molar-refractivity contribution in [2.45, 2.75) is 69.0 Å². The van der Waals surface area contributed by atoms with Crippen molar-refractivity contribution in [3.63, 3.8) is 0 Å². The fourth-order valence-electron chi connectivity index (χ4n) is 3.80. The molecule has 3 N–H and O–H groups in total. The second kappa shape index (κ2) is 14.0. The van der Waals surface area contributed by atoms with Crippen molar-refractivity contribution in [2.24, 2.45) is 16.6 Å². The summed E-state index contributed by atoms with van der Waals surface area (Å²) >= 11 is -0.870. The van der Waals surface area contributed by atoms with Crippen LogP contribution in [0.2, 0.25) is 0 Å². The molecule has 0 bridgehead atoms. The molecule has 0 atom stereocenters. The van der Waals surface area contributed by atoms with E-state index in [9.17, 15) is 8.42 Å². The fraction of sp³-hybridized carbons (Fsp3) is 0.720. The van der Waals surface area contributed by atoms with Gasteiger partial charge in [-0.2, -0.15) is 0 Å². The van der Waals surface area contributed by atoms with Crippen molar-refractivity contribution in [1.29, 1.82) is 0 Å². The van der Waals surface area contributed by atoms with Gasteiger partial charge < -0.3 is 10.1 Å². The second-order valence-corrected chi connectivity index (χ2v) is 18.7. The van der Waals surface area contributed by atoms with E-state index in [0.29, 0.717) is 16.4 Å². The van der Waals surface area contributed by atoms with Crippen LogP contribution in [0.15, 0.2) is 29.3 Å². The van der Waals surface area contributed by atoms with Gasteiger partial charge in [-0.3, -0.25) is 0 Å². The average Bonchev–Trinajstić information content (AvgIpc) is 2.78. The van der Waals surface area contributed by atoms with Gasteiger partial charge in [0.25, 0.3) is 0 Å². The van der Waals surface area contributed by atoms with E-state index in [1.54, 1.807) is 0 Å². The molecule has 0 radical (unpaired) electrons. The molecule has 0 heterocycles. The Kier molecular flexibility index (Phi) is 12.1. The van der Waals surface area contributed by atoms with Gasteiger partial charge in [0.2, 0.25) is 0 Å². The van der Waals surface area contributed by atoms with Gasteiger partial charge in [0.1, 0.15) is 0 Å². The predicted molar refractivity (Wildman–Crippen MR) is 139 cm³/mol. The van der Waals surface area contributed by atoms with Gasteiger partial charge in [0.05, 0.1) is 6.61 Å². The number of nitrogens with two attached hydrogens (primary N) is 1. The van der Waals surface area contributed by atoms with Crippen LogP contribution in [0.5, 0.6) is 0 Å². The molecule has 0 saturated heterocycles. The van der Waals surface area contributed by atoms with Gasteiger partial charge in [-0.25, -0.2) is 0 Å². The molecule has 1 aromatic carbocycles. The zero-order chi connectivity index (χ0) is 25.2. The summed E-state index contributed by atoms with van der Waals surface area (Å²) in [4.78, 5) is 7.03. The van der Waals surface area contributed by atoms with Crippen LogP contribution in [0.1, 0.15) is 60.3 Å².